The maximum Gasteiger partial charge on any atom is 0.319 e. The van der Waals surface area contributed by atoms with E-state index in [1.165, 1.54) is 32.8 Å². The van der Waals surface area contributed by atoms with Crippen molar-refractivity contribution < 1.29 is 14.3 Å². The monoisotopic (exact) mass is 300 g/mol. The van der Waals surface area contributed by atoms with E-state index in [9.17, 15) is 9.59 Å². The number of hydrogen-bond donors (Lipinski definition) is 1. The van der Waals surface area contributed by atoms with E-state index in [1.807, 2.05) is 18.7 Å². The van der Waals surface area contributed by atoms with Crippen LogP contribution in [0.2, 0.25) is 0 Å². The van der Waals surface area contributed by atoms with Crippen LogP contribution in [0.3, 0.4) is 0 Å². The number of amides is 1. The molecule has 0 saturated heterocycles. The molecule has 5 nitrogen and oxygen atoms in total. The second kappa shape index (κ2) is 11.5. The normalized spacial score (nSPS) is 12.7. The summed E-state index contributed by atoms with van der Waals surface area (Å²) in [6.45, 7) is 6.91. The Labute approximate surface area is 129 Å². The highest BCUT2D eigenvalue weighted by Gasteiger charge is 2.28. The summed E-state index contributed by atoms with van der Waals surface area (Å²) in [4.78, 5) is 25.0. The Kier molecular flexibility index (Phi) is 10.9. The third kappa shape index (κ3) is 8.71. The fourth-order valence-corrected chi connectivity index (χ4v) is 2.57. The SMILES string of the molecule is CCCCCCCCN(CC(=O)OC)C(C(N)=O)C(C)C. The summed E-state index contributed by atoms with van der Waals surface area (Å²) < 4.78 is 4.72. The van der Waals surface area contributed by atoms with Crippen molar-refractivity contribution in [3.8, 4) is 0 Å². The van der Waals surface area contributed by atoms with E-state index in [1.54, 1.807) is 0 Å². The van der Waals surface area contributed by atoms with E-state index in [4.69, 9.17) is 10.5 Å². The summed E-state index contributed by atoms with van der Waals surface area (Å²) in [7, 11) is 1.36. The van der Waals surface area contributed by atoms with Gasteiger partial charge in [0.25, 0.3) is 0 Å². The highest BCUT2D eigenvalue weighted by atomic mass is 16.5. The number of rotatable bonds is 12. The molecule has 0 rings (SSSR count). The molecule has 1 amide bonds. The fourth-order valence-electron chi connectivity index (χ4n) is 2.57. The van der Waals surface area contributed by atoms with E-state index in [-0.39, 0.29) is 24.3 Å². The molecule has 0 bridgehead atoms. The topological polar surface area (TPSA) is 72.6 Å². The third-order valence-corrected chi connectivity index (χ3v) is 3.68. The van der Waals surface area contributed by atoms with Crippen LogP contribution in [0.25, 0.3) is 0 Å². The van der Waals surface area contributed by atoms with Crippen molar-refractivity contribution in [1.29, 1.82) is 0 Å². The van der Waals surface area contributed by atoms with Gasteiger partial charge < -0.3 is 10.5 Å². The average Bonchev–Trinajstić information content (AvgIpc) is 2.41. The number of esters is 1. The molecule has 21 heavy (non-hydrogen) atoms. The molecule has 0 aromatic carbocycles. The Bertz CT molecular complexity index is 306. The Morgan fingerprint density at radius 1 is 1.10 bits per heavy atom. The molecule has 1 unspecified atom stereocenters. The van der Waals surface area contributed by atoms with Crippen molar-refractivity contribution in [2.45, 2.75) is 65.3 Å². The van der Waals surface area contributed by atoms with Gasteiger partial charge in [-0.15, -0.1) is 0 Å². The predicted molar refractivity (Wildman–Crippen MR) is 84.8 cm³/mol. The minimum absolute atomic E-state index is 0.0762. The van der Waals surface area contributed by atoms with Gasteiger partial charge >= 0.3 is 5.97 Å². The number of nitrogens with two attached hydrogens (primary N) is 1. The second-order valence-corrected chi connectivity index (χ2v) is 5.91. The zero-order valence-corrected chi connectivity index (χ0v) is 14.1. The van der Waals surface area contributed by atoms with E-state index in [0.717, 1.165) is 12.8 Å². The lowest BCUT2D eigenvalue weighted by Gasteiger charge is -2.31. The highest BCUT2D eigenvalue weighted by Crippen LogP contribution is 2.13. The Hall–Kier alpha value is -1.10. The summed E-state index contributed by atoms with van der Waals surface area (Å²) in [6.07, 6.45) is 7.02. The van der Waals surface area contributed by atoms with Crippen LogP contribution in [-0.2, 0) is 14.3 Å². The first-order chi connectivity index (χ1) is 9.93. The molecule has 0 saturated carbocycles. The number of hydrogen-bond acceptors (Lipinski definition) is 4. The summed E-state index contributed by atoms with van der Waals surface area (Å²) in [5, 5.41) is 0. The lowest BCUT2D eigenvalue weighted by molar-refractivity contribution is -0.143. The standard InChI is InChI=1S/C16H32N2O3/c1-5-6-7-8-9-10-11-18(12-14(19)21-4)15(13(2)3)16(17)20/h13,15H,5-12H2,1-4H3,(H2,17,20). The number of unbranched alkanes of at least 4 members (excludes halogenated alkanes) is 5. The van der Waals surface area contributed by atoms with Crippen LogP contribution in [0, 0.1) is 5.92 Å². The van der Waals surface area contributed by atoms with Crippen molar-refractivity contribution >= 4 is 11.9 Å². The van der Waals surface area contributed by atoms with Crippen molar-refractivity contribution in [2.24, 2.45) is 11.7 Å². The number of carbonyl (C=O) groups excluding carboxylic acids is 2. The molecule has 0 heterocycles. The predicted octanol–water partition coefficient (Wildman–Crippen LogP) is 2.33. The highest BCUT2D eigenvalue weighted by molar-refractivity contribution is 5.81. The number of ether oxygens (including phenoxy) is 1. The van der Waals surface area contributed by atoms with Crippen LogP contribution in [0.15, 0.2) is 0 Å². The first-order valence-electron chi connectivity index (χ1n) is 8.04. The lowest BCUT2D eigenvalue weighted by Crippen LogP contribution is -2.50. The Morgan fingerprint density at radius 3 is 2.14 bits per heavy atom. The molecule has 0 radical (unpaired) electrons. The van der Waals surface area contributed by atoms with Gasteiger partial charge in [-0.2, -0.15) is 0 Å². The van der Waals surface area contributed by atoms with Gasteiger partial charge in [-0.1, -0.05) is 52.9 Å². The number of nitrogens with zero attached hydrogens (tertiary/aromatic N) is 1. The molecule has 0 aromatic rings. The Balaban J connectivity index is 4.44. The van der Waals surface area contributed by atoms with Crippen LogP contribution in [0.4, 0.5) is 0 Å². The molecule has 0 aliphatic rings. The molecule has 5 heteroatoms. The molecule has 1 atom stereocenters. The van der Waals surface area contributed by atoms with Gasteiger partial charge in [0.1, 0.15) is 0 Å². The van der Waals surface area contributed by atoms with Gasteiger partial charge in [-0.05, 0) is 18.9 Å². The third-order valence-electron chi connectivity index (χ3n) is 3.68. The zero-order valence-electron chi connectivity index (χ0n) is 14.1. The summed E-state index contributed by atoms with van der Waals surface area (Å²) >= 11 is 0. The molecular weight excluding hydrogens is 268 g/mol. The summed E-state index contributed by atoms with van der Waals surface area (Å²) in [5.74, 6) is -0.625. The minimum Gasteiger partial charge on any atom is -0.468 e. The van der Waals surface area contributed by atoms with Gasteiger partial charge in [0, 0.05) is 0 Å². The van der Waals surface area contributed by atoms with Crippen LogP contribution >= 0.6 is 0 Å². The number of methoxy groups -OCH3 is 1. The van der Waals surface area contributed by atoms with Crippen LogP contribution in [0.5, 0.6) is 0 Å². The molecule has 0 aromatic heterocycles. The molecule has 0 aliphatic heterocycles. The number of primary amides is 1. The van der Waals surface area contributed by atoms with Crippen LogP contribution < -0.4 is 5.73 Å². The van der Waals surface area contributed by atoms with Crippen molar-refractivity contribution in [1.82, 2.24) is 4.90 Å². The number of carbonyl (C=O) groups is 2. The van der Waals surface area contributed by atoms with Crippen molar-refractivity contribution in [3.05, 3.63) is 0 Å². The van der Waals surface area contributed by atoms with Crippen molar-refractivity contribution in [3.63, 3.8) is 0 Å². The van der Waals surface area contributed by atoms with E-state index in [0.29, 0.717) is 6.54 Å². The van der Waals surface area contributed by atoms with Crippen molar-refractivity contribution in [2.75, 3.05) is 20.2 Å². The first-order valence-corrected chi connectivity index (χ1v) is 8.04. The first kappa shape index (κ1) is 19.9. The fraction of sp³-hybridized carbons (Fsp3) is 0.875. The van der Waals surface area contributed by atoms with Crippen LogP contribution in [0.1, 0.15) is 59.3 Å². The van der Waals surface area contributed by atoms with Gasteiger partial charge in [0.2, 0.25) is 5.91 Å². The molecule has 0 aliphatic carbocycles. The second-order valence-electron chi connectivity index (χ2n) is 5.91. The zero-order chi connectivity index (χ0) is 16.3. The van der Waals surface area contributed by atoms with Gasteiger partial charge in [0.15, 0.2) is 0 Å². The molecule has 0 fully saturated rings. The lowest BCUT2D eigenvalue weighted by atomic mass is 10.0. The van der Waals surface area contributed by atoms with E-state index in [2.05, 4.69) is 6.92 Å². The van der Waals surface area contributed by atoms with E-state index >= 15 is 0 Å². The van der Waals surface area contributed by atoms with Gasteiger partial charge in [0.05, 0.1) is 19.7 Å². The van der Waals surface area contributed by atoms with E-state index < -0.39 is 6.04 Å². The van der Waals surface area contributed by atoms with Crippen LogP contribution in [-0.4, -0.2) is 43.0 Å². The summed E-state index contributed by atoms with van der Waals surface area (Å²) in [6, 6.07) is -0.417. The molecule has 0 spiro atoms. The smallest absolute Gasteiger partial charge is 0.319 e. The minimum atomic E-state index is -0.417. The average molecular weight is 300 g/mol. The Morgan fingerprint density at radius 2 is 1.67 bits per heavy atom. The largest absolute Gasteiger partial charge is 0.468 e. The molecular formula is C16H32N2O3. The molecule has 124 valence electrons. The maximum atomic E-state index is 11.7. The maximum absolute atomic E-state index is 11.7. The summed E-state index contributed by atoms with van der Waals surface area (Å²) in [5.41, 5.74) is 5.49. The van der Waals surface area contributed by atoms with Gasteiger partial charge in [-0.3, -0.25) is 14.5 Å². The molecule has 2 N–H and O–H groups in total. The quantitative estimate of drug-likeness (QED) is 0.443. The van der Waals surface area contributed by atoms with Gasteiger partial charge in [-0.25, -0.2) is 0 Å².